The summed E-state index contributed by atoms with van der Waals surface area (Å²) in [6, 6.07) is 3.58. The van der Waals surface area contributed by atoms with Gasteiger partial charge in [0.2, 0.25) is 0 Å². The molecule has 1 aliphatic heterocycles. The van der Waals surface area contributed by atoms with Crippen LogP contribution in [0.25, 0.3) is 0 Å². The molecule has 2 rings (SSSR count). The molecule has 0 saturated carbocycles. The number of rotatable bonds is 5. The van der Waals surface area contributed by atoms with Crippen LogP contribution in [-0.4, -0.2) is 30.3 Å². The molecule has 0 fully saturated rings. The zero-order valence-electron chi connectivity index (χ0n) is 12.2. The molecule has 1 aliphatic rings. The Kier molecular flexibility index (Phi) is 4.49. The first kappa shape index (κ1) is 14.7. The molecule has 1 N–H and O–H groups in total. The van der Waals surface area contributed by atoms with Crippen LogP contribution < -0.4 is 14.4 Å². The quantitative estimate of drug-likeness (QED) is 0.896. The topological polar surface area (TPSA) is 59.0 Å². The summed E-state index contributed by atoms with van der Waals surface area (Å²) in [6.07, 6.45) is 0.880. The van der Waals surface area contributed by atoms with Gasteiger partial charge in [0, 0.05) is 6.04 Å². The fourth-order valence-electron chi connectivity index (χ4n) is 2.28. The zero-order valence-corrected chi connectivity index (χ0v) is 12.2. The summed E-state index contributed by atoms with van der Waals surface area (Å²) in [5.41, 5.74) is 1.38. The number of aliphatic hydroxyl groups is 1. The van der Waals surface area contributed by atoms with Crippen LogP contribution in [-0.2, 0) is 11.4 Å². The number of hydrogen-bond acceptors (Lipinski definition) is 4. The highest BCUT2D eigenvalue weighted by molar-refractivity contribution is 5.99. The molecule has 5 nitrogen and oxygen atoms in total. The maximum atomic E-state index is 12.0. The number of anilines is 1. The fourth-order valence-corrected chi connectivity index (χ4v) is 2.28. The lowest BCUT2D eigenvalue weighted by Gasteiger charge is -2.33. The van der Waals surface area contributed by atoms with Crippen LogP contribution in [0.3, 0.4) is 0 Å². The monoisotopic (exact) mass is 279 g/mol. The molecule has 110 valence electrons. The first-order valence-corrected chi connectivity index (χ1v) is 6.93. The lowest BCUT2D eigenvalue weighted by Crippen LogP contribution is -2.43. The van der Waals surface area contributed by atoms with Gasteiger partial charge < -0.3 is 19.5 Å². The van der Waals surface area contributed by atoms with Gasteiger partial charge in [-0.15, -0.1) is 0 Å². The Labute approximate surface area is 119 Å². The van der Waals surface area contributed by atoms with E-state index in [1.807, 2.05) is 20.8 Å². The van der Waals surface area contributed by atoms with Gasteiger partial charge in [0.1, 0.15) is 0 Å². The van der Waals surface area contributed by atoms with E-state index in [2.05, 4.69) is 0 Å². The van der Waals surface area contributed by atoms with Gasteiger partial charge in [-0.2, -0.15) is 0 Å². The number of fused-ring (bicyclic) bond motifs is 1. The van der Waals surface area contributed by atoms with Crippen LogP contribution in [0.1, 0.15) is 32.8 Å². The highest BCUT2D eigenvalue weighted by Crippen LogP contribution is 2.42. The van der Waals surface area contributed by atoms with Crippen LogP contribution in [0.2, 0.25) is 0 Å². The Morgan fingerprint density at radius 3 is 2.80 bits per heavy atom. The number of carbonyl (C=O) groups excluding carboxylic acids is 1. The minimum atomic E-state index is -0.101. The zero-order chi connectivity index (χ0) is 14.7. The lowest BCUT2D eigenvalue weighted by atomic mass is 10.1. The third-order valence-electron chi connectivity index (χ3n) is 3.12. The number of benzene rings is 1. The molecule has 0 spiro atoms. The van der Waals surface area contributed by atoms with Gasteiger partial charge in [0.25, 0.3) is 5.91 Å². The van der Waals surface area contributed by atoms with Gasteiger partial charge in [-0.25, -0.2) is 0 Å². The average Bonchev–Trinajstić information content (AvgIpc) is 2.43. The van der Waals surface area contributed by atoms with Crippen molar-refractivity contribution in [2.45, 2.75) is 39.8 Å². The van der Waals surface area contributed by atoms with Crippen LogP contribution >= 0.6 is 0 Å². The molecular formula is C15H21NO4. The molecule has 1 aromatic carbocycles. The third-order valence-corrected chi connectivity index (χ3v) is 3.12. The van der Waals surface area contributed by atoms with Crippen LogP contribution in [0.4, 0.5) is 5.69 Å². The van der Waals surface area contributed by atoms with Gasteiger partial charge in [-0.3, -0.25) is 4.79 Å². The van der Waals surface area contributed by atoms with Crippen molar-refractivity contribution in [3.8, 4) is 11.5 Å². The number of carbonyl (C=O) groups is 1. The molecule has 0 aromatic heterocycles. The van der Waals surface area contributed by atoms with Crippen LogP contribution in [0.15, 0.2) is 12.1 Å². The number of ether oxygens (including phenoxy) is 2. The maximum Gasteiger partial charge on any atom is 0.265 e. The van der Waals surface area contributed by atoms with E-state index >= 15 is 0 Å². The van der Waals surface area contributed by atoms with Crippen molar-refractivity contribution >= 4 is 11.6 Å². The average molecular weight is 279 g/mol. The molecule has 20 heavy (non-hydrogen) atoms. The van der Waals surface area contributed by atoms with E-state index in [-0.39, 0.29) is 25.2 Å². The summed E-state index contributed by atoms with van der Waals surface area (Å²) in [7, 11) is 0. The van der Waals surface area contributed by atoms with E-state index in [9.17, 15) is 9.90 Å². The maximum absolute atomic E-state index is 12.0. The van der Waals surface area contributed by atoms with Crippen molar-refractivity contribution in [3.63, 3.8) is 0 Å². The summed E-state index contributed by atoms with van der Waals surface area (Å²) in [4.78, 5) is 13.7. The molecule has 1 aromatic rings. The van der Waals surface area contributed by atoms with Gasteiger partial charge in [-0.1, -0.05) is 6.92 Å². The van der Waals surface area contributed by atoms with E-state index in [1.54, 1.807) is 17.0 Å². The summed E-state index contributed by atoms with van der Waals surface area (Å²) >= 11 is 0. The van der Waals surface area contributed by atoms with Crippen molar-refractivity contribution in [2.75, 3.05) is 18.1 Å². The largest absolute Gasteiger partial charge is 0.490 e. The minimum absolute atomic E-state index is 0.0200. The molecule has 0 saturated heterocycles. The molecule has 0 bridgehead atoms. The second kappa shape index (κ2) is 6.13. The summed E-state index contributed by atoms with van der Waals surface area (Å²) in [6.45, 7) is 6.41. The molecular weight excluding hydrogens is 258 g/mol. The van der Waals surface area contributed by atoms with Gasteiger partial charge in [0.05, 0.1) is 18.9 Å². The van der Waals surface area contributed by atoms with Gasteiger partial charge in [-0.05, 0) is 38.0 Å². The Balaban J connectivity index is 2.49. The fraction of sp³-hybridized carbons (Fsp3) is 0.533. The highest BCUT2D eigenvalue weighted by atomic mass is 16.5. The smallest absolute Gasteiger partial charge is 0.265 e. The SMILES string of the molecule is CCCOc1cc(CO)cc2c1OCC(=O)N2C(C)C. The third kappa shape index (κ3) is 2.72. The molecule has 0 radical (unpaired) electrons. The number of aliphatic hydroxyl groups excluding tert-OH is 1. The van der Waals surface area contributed by atoms with E-state index in [4.69, 9.17) is 9.47 Å². The normalized spacial score (nSPS) is 14.2. The molecule has 0 unspecified atom stereocenters. The van der Waals surface area contributed by atoms with E-state index in [0.717, 1.165) is 6.42 Å². The number of hydrogen-bond donors (Lipinski definition) is 1. The van der Waals surface area contributed by atoms with Crippen molar-refractivity contribution in [3.05, 3.63) is 17.7 Å². The van der Waals surface area contributed by atoms with E-state index in [1.165, 1.54) is 0 Å². The Morgan fingerprint density at radius 2 is 2.20 bits per heavy atom. The predicted molar refractivity (Wildman–Crippen MR) is 76.3 cm³/mol. The summed E-state index contributed by atoms with van der Waals surface area (Å²) in [5, 5.41) is 9.38. The lowest BCUT2D eigenvalue weighted by molar-refractivity contribution is -0.121. The van der Waals surface area contributed by atoms with Crippen molar-refractivity contribution < 1.29 is 19.4 Å². The Morgan fingerprint density at radius 1 is 1.45 bits per heavy atom. The number of amides is 1. The Bertz CT molecular complexity index is 499. The molecule has 1 heterocycles. The minimum Gasteiger partial charge on any atom is -0.490 e. The number of nitrogens with zero attached hydrogens (tertiary/aromatic N) is 1. The van der Waals surface area contributed by atoms with Crippen molar-refractivity contribution in [1.82, 2.24) is 0 Å². The van der Waals surface area contributed by atoms with Crippen LogP contribution in [0, 0.1) is 0 Å². The molecule has 5 heteroatoms. The van der Waals surface area contributed by atoms with Crippen molar-refractivity contribution in [2.24, 2.45) is 0 Å². The second-order valence-corrected chi connectivity index (χ2v) is 5.09. The highest BCUT2D eigenvalue weighted by Gasteiger charge is 2.30. The van der Waals surface area contributed by atoms with Crippen LogP contribution in [0.5, 0.6) is 11.5 Å². The van der Waals surface area contributed by atoms with E-state index < -0.39 is 0 Å². The van der Waals surface area contributed by atoms with E-state index in [0.29, 0.717) is 29.4 Å². The standard InChI is InChI=1S/C15H21NO4/c1-4-5-19-13-7-11(8-17)6-12-15(13)20-9-14(18)16(12)10(2)3/h6-7,10,17H,4-5,8-9H2,1-3H3. The van der Waals surface area contributed by atoms with Gasteiger partial charge >= 0.3 is 0 Å². The molecule has 1 amide bonds. The second-order valence-electron chi connectivity index (χ2n) is 5.09. The van der Waals surface area contributed by atoms with Gasteiger partial charge in [0.15, 0.2) is 18.1 Å². The summed E-state index contributed by atoms with van der Waals surface area (Å²) in [5.74, 6) is 1.10. The first-order chi connectivity index (χ1) is 9.58. The predicted octanol–water partition coefficient (Wildman–Crippen LogP) is 2.10. The Hall–Kier alpha value is -1.75. The van der Waals surface area contributed by atoms with Crippen molar-refractivity contribution in [1.29, 1.82) is 0 Å². The first-order valence-electron chi connectivity index (χ1n) is 6.93. The molecule has 0 aliphatic carbocycles. The molecule has 0 atom stereocenters. The summed E-state index contributed by atoms with van der Waals surface area (Å²) < 4.78 is 11.2.